The van der Waals surface area contributed by atoms with E-state index in [0.717, 1.165) is 48.2 Å². The summed E-state index contributed by atoms with van der Waals surface area (Å²) in [4.78, 5) is 2.48. The molecule has 0 amide bonds. The van der Waals surface area contributed by atoms with E-state index in [1.165, 1.54) is 5.56 Å². The number of benzene rings is 1. The molecular weight excluding hydrogens is 280 g/mol. The van der Waals surface area contributed by atoms with Crippen molar-refractivity contribution in [3.8, 4) is 0 Å². The molecule has 1 N–H and O–H groups in total. The van der Waals surface area contributed by atoms with Crippen LogP contribution in [0.15, 0.2) is 33.4 Å². The lowest BCUT2D eigenvalue weighted by Gasteiger charge is -2.27. The fourth-order valence-corrected chi connectivity index (χ4v) is 2.67. The number of piperazine rings is 1. The van der Waals surface area contributed by atoms with E-state index in [0.29, 0.717) is 0 Å². The third-order valence-electron chi connectivity index (χ3n) is 3.21. The number of nitrogens with one attached hydrogen (secondary N) is 1. The summed E-state index contributed by atoms with van der Waals surface area (Å²) < 4.78 is 6.46. The highest BCUT2D eigenvalue weighted by Gasteiger charge is 2.11. The second-order valence-electron chi connectivity index (χ2n) is 4.44. The highest BCUT2D eigenvalue weighted by atomic mass is 79.9. The average Bonchev–Trinajstić information content (AvgIpc) is 2.73. The predicted octanol–water partition coefficient (Wildman–Crippen LogP) is 2.60. The van der Waals surface area contributed by atoms with Crippen LogP contribution in [0.5, 0.6) is 0 Å². The molecule has 4 heteroatoms. The number of fused-ring (bicyclic) bond motifs is 1. The first kappa shape index (κ1) is 11.3. The summed E-state index contributed by atoms with van der Waals surface area (Å²) in [6.45, 7) is 5.47. The molecule has 2 aromatic rings. The van der Waals surface area contributed by atoms with Gasteiger partial charge in [-0.3, -0.25) is 4.90 Å². The summed E-state index contributed by atoms with van der Waals surface area (Å²) >= 11 is 3.51. The molecule has 1 fully saturated rings. The van der Waals surface area contributed by atoms with Crippen LogP contribution in [-0.2, 0) is 6.54 Å². The van der Waals surface area contributed by atoms with Crippen LogP contribution in [0, 0.1) is 0 Å². The molecule has 0 aliphatic carbocycles. The smallest absolute Gasteiger partial charge is 0.135 e. The summed E-state index contributed by atoms with van der Waals surface area (Å²) in [6.07, 6.45) is 1.75. The van der Waals surface area contributed by atoms with Crippen LogP contribution >= 0.6 is 15.9 Å². The molecule has 1 saturated heterocycles. The topological polar surface area (TPSA) is 28.4 Å². The molecule has 0 atom stereocenters. The van der Waals surface area contributed by atoms with Crippen LogP contribution in [0.1, 0.15) is 5.56 Å². The van der Waals surface area contributed by atoms with Crippen LogP contribution in [0.25, 0.3) is 11.0 Å². The Morgan fingerprint density at radius 2 is 2.12 bits per heavy atom. The molecule has 0 saturated carbocycles. The van der Waals surface area contributed by atoms with Crippen molar-refractivity contribution in [2.75, 3.05) is 26.2 Å². The molecule has 1 aliphatic heterocycles. The Kier molecular flexibility index (Phi) is 3.18. The van der Waals surface area contributed by atoms with Crippen molar-refractivity contribution in [3.63, 3.8) is 0 Å². The molecule has 1 aromatic carbocycles. The van der Waals surface area contributed by atoms with E-state index in [1.807, 2.05) is 0 Å². The third-order valence-corrected chi connectivity index (χ3v) is 3.82. The largest absolute Gasteiger partial charge is 0.463 e. The van der Waals surface area contributed by atoms with Gasteiger partial charge in [-0.05, 0) is 33.6 Å². The van der Waals surface area contributed by atoms with Gasteiger partial charge in [-0.15, -0.1) is 0 Å². The summed E-state index contributed by atoms with van der Waals surface area (Å²) in [5.74, 6) is 0. The van der Waals surface area contributed by atoms with Gasteiger partial charge >= 0.3 is 0 Å². The van der Waals surface area contributed by atoms with Crippen LogP contribution in [0.3, 0.4) is 0 Å². The fourth-order valence-electron chi connectivity index (χ4n) is 2.27. The van der Waals surface area contributed by atoms with Crippen LogP contribution in [-0.4, -0.2) is 31.1 Å². The number of rotatable bonds is 2. The highest BCUT2D eigenvalue weighted by Crippen LogP contribution is 2.27. The summed E-state index contributed by atoms with van der Waals surface area (Å²) in [6, 6.07) is 6.42. The van der Waals surface area contributed by atoms with Crippen molar-refractivity contribution in [2.24, 2.45) is 0 Å². The summed E-state index contributed by atoms with van der Waals surface area (Å²) in [7, 11) is 0. The maximum Gasteiger partial charge on any atom is 0.135 e. The highest BCUT2D eigenvalue weighted by molar-refractivity contribution is 9.10. The molecule has 0 radical (unpaired) electrons. The van der Waals surface area contributed by atoms with E-state index in [9.17, 15) is 0 Å². The van der Waals surface area contributed by atoms with Gasteiger partial charge in [0.05, 0.1) is 4.47 Å². The lowest BCUT2D eigenvalue weighted by Crippen LogP contribution is -2.42. The molecule has 1 aromatic heterocycles. The van der Waals surface area contributed by atoms with Gasteiger partial charge in [0.2, 0.25) is 0 Å². The number of hydrogen-bond donors (Lipinski definition) is 1. The lowest BCUT2D eigenvalue weighted by molar-refractivity contribution is 0.233. The van der Waals surface area contributed by atoms with Crippen LogP contribution in [0.2, 0.25) is 0 Å². The maximum atomic E-state index is 5.42. The van der Waals surface area contributed by atoms with Crippen molar-refractivity contribution in [1.82, 2.24) is 10.2 Å². The van der Waals surface area contributed by atoms with Gasteiger partial charge in [0.25, 0.3) is 0 Å². The molecule has 90 valence electrons. The Labute approximate surface area is 109 Å². The number of furan rings is 1. The third kappa shape index (κ3) is 2.39. The minimum absolute atomic E-state index is 0.945. The first-order valence-corrected chi connectivity index (χ1v) is 6.71. The Hall–Kier alpha value is -0.840. The van der Waals surface area contributed by atoms with Crippen molar-refractivity contribution >= 4 is 26.9 Å². The van der Waals surface area contributed by atoms with Crippen molar-refractivity contribution < 1.29 is 4.42 Å². The number of hydrogen-bond acceptors (Lipinski definition) is 3. The van der Waals surface area contributed by atoms with E-state index < -0.39 is 0 Å². The molecule has 3 nitrogen and oxygen atoms in total. The van der Waals surface area contributed by atoms with Crippen molar-refractivity contribution in [1.29, 1.82) is 0 Å². The standard InChI is InChI=1S/C13H15BrN2O/c14-12-9-17-13-2-1-10(7-11(12)13)8-16-5-3-15-4-6-16/h1-2,7,9,15H,3-6,8H2. The van der Waals surface area contributed by atoms with Gasteiger partial charge in [0.1, 0.15) is 11.8 Å². The molecule has 0 unspecified atom stereocenters. The Morgan fingerprint density at radius 3 is 2.94 bits per heavy atom. The zero-order valence-electron chi connectivity index (χ0n) is 9.58. The fraction of sp³-hybridized carbons (Fsp3) is 0.385. The van der Waals surface area contributed by atoms with Gasteiger partial charge in [-0.2, -0.15) is 0 Å². The Morgan fingerprint density at radius 1 is 1.29 bits per heavy atom. The van der Waals surface area contributed by atoms with Gasteiger partial charge in [-0.25, -0.2) is 0 Å². The Balaban J connectivity index is 1.82. The SMILES string of the molecule is Brc1coc2ccc(CN3CCNCC3)cc12. The van der Waals surface area contributed by atoms with Gasteiger partial charge in [0.15, 0.2) is 0 Å². The molecule has 0 spiro atoms. The summed E-state index contributed by atoms with van der Waals surface area (Å²) in [5.41, 5.74) is 2.29. The lowest BCUT2D eigenvalue weighted by atomic mass is 10.1. The van der Waals surface area contributed by atoms with E-state index in [4.69, 9.17) is 4.42 Å². The quantitative estimate of drug-likeness (QED) is 0.923. The van der Waals surface area contributed by atoms with Crippen LogP contribution in [0.4, 0.5) is 0 Å². The normalized spacial score (nSPS) is 17.7. The minimum atomic E-state index is 0.945. The van der Waals surface area contributed by atoms with Crippen molar-refractivity contribution in [3.05, 3.63) is 34.5 Å². The Bertz CT molecular complexity index is 517. The molecule has 2 heterocycles. The first-order chi connectivity index (χ1) is 8.33. The van der Waals surface area contributed by atoms with E-state index >= 15 is 0 Å². The first-order valence-electron chi connectivity index (χ1n) is 5.91. The molecule has 17 heavy (non-hydrogen) atoms. The van der Waals surface area contributed by atoms with E-state index in [2.05, 4.69) is 44.3 Å². The van der Waals surface area contributed by atoms with Gasteiger partial charge in [0, 0.05) is 38.1 Å². The van der Waals surface area contributed by atoms with Gasteiger partial charge < -0.3 is 9.73 Å². The molecule has 0 bridgehead atoms. The second-order valence-corrected chi connectivity index (χ2v) is 5.29. The number of nitrogens with zero attached hydrogens (tertiary/aromatic N) is 1. The molecule has 3 rings (SSSR count). The van der Waals surface area contributed by atoms with Crippen molar-refractivity contribution in [2.45, 2.75) is 6.54 Å². The van der Waals surface area contributed by atoms with E-state index in [-0.39, 0.29) is 0 Å². The monoisotopic (exact) mass is 294 g/mol. The van der Waals surface area contributed by atoms with Crippen LogP contribution < -0.4 is 5.32 Å². The second kappa shape index (κ2) is 4.80. The maximum absolute atomic E-state index is 5.42. The van der Waals surface area contributed by atoms with E-state index in [1.54, 1.807) is 6.26 Å². The predicted molar refractivity (Wildman–Crippen MR) is 72.1 cm³/mol. The molecular formula is C13H15BrN2O. The number of halogens is 1. The zero-order valence-corrected chi connectivity index (χ0v) is 11.2. The zero-order chi connectivity index (χ0) is 11.7. The van der Waals surface area contributed by atoms with Gasteiger partial charge in [-0.1, -0.05) is 6.07 Å². The summed E-state index contributed by atoms with van der Waals surface area (Å²) in [5, 5.41) is 4.54. The minimum Gasteiger partial charge on any atom is -0.463 e. The average molecular weight is 295 g/mol. The molecule has 1 aliphatic rings.